The summed E-state index contributed by atoms with van der Waals surface area (Å²) in [5.74, 6) is 0.851. The topological polar surface area (TPSA) is 45.5 Å². The van der Waals surface area contributed by atoms with Crippen molar-refractivity contribution in [3.63, 3.8) is 0 Å². The normalized spacial score (nSPS) is 20.6. The van der Waals surface area contributed by atoms with E-state index < -0.39 is 0 Å². The fourth-order valence-electron chi connectivity index (χ4n) is 2.56. The Balaban J connectivity index is 1.92. The van der Waals surface area contributed by atoms with Crippen molar-refractivity contribution >= 4 is 11.6 Å². The largest absolute Gasteiger partial charge is 0.338 e. The molecule has 2 aromatic rings. The van der Waals surface area contributed by atoms with Gasteiger partial charge in [-0.3, -0.25) is 0 Å². The Kier molecular flexibility index (Phi) is 2.91. The molecule has 1 atom stereocenters. The predicted molar refractivity (Wildman–Crippen MR) is 72.0 cm³/mol. The van der Waals surface area contributed by atoms with E-state index in [-0.39, 0.29) is 0 Å². The first-order chi connectivity index (χ1) is 8.78. The summed E-state index contributed by atoms with van der Waals surface area (Å²) in [5, 5.41) is 7.91. The van der Waals surface area contributed by atoms with Crippen LogP contribution in [0.1, 0.15) is 18.4 Å². The maximum Gasteiger partial charge on any atom is 0.245 e. The fraction of sp³-hybridized carbons (Fsp3) is 0.538. The Morgan fingerprint density at radius 3 is 3.11 bits per heavy atom. The highest BCUT2D eigenvalue weighted by atomic mass is 15.4. The molecule has 5 heteroatoms. The standard InChI is InChI=1S/C13H19N5/c1-10-5-3-8-18-12(10)15-13(16-18)17-7-4-6-11(9-17)14-2/h3,5,8,11,14H,4,6-7,9H2,1-2H3. The van der Waals surface area contributed by atoms with Crippen LogP contribution in [0.3, 0.4) is 0 Å². The third-order valence-electron chi connectivity index (χ3n) is 3.66. The second-order valence-electron chi connectivity index (χ2n) is 4.95. The molecule has 1 aliphatic rings. The molecule has 0 aromatic carbocycles. The van der Waals surface area contributed by atoms with Gasteiger partial charge in [-0.25, -0.2) is 4.52 Å². The van der Waals surface area contributed by atoms with Gasteiger partial charge < -0.3 is 10.2 Å². The van der Waals surface area contributed by atoms with Gasteiger partial charge in [0, 0.05) is 25.3 Å². The number of fused-ring (bicyclic) bond motifs is 1. The van der Waals surface area contributed by atoms with Crippen LogP contribution in [0.4, 0.5) is 5.95 Å². The van der Waals surface area contributed by atoms with Crippen molar-refractivity contribution in [2.75, 3.05) is 25.0 Å². The molecule has 18 heavy (non-hydrogen) atoms. The third kappa shape index (κ3) is 1.95. The number of aryl methyl sites for hydroxylation is 1. The Morgan fingerprint density at radius 2 is 2.33 bits per heavy atom. The van der Waals surface area contributed by atoms with Gasteiger partial charge in [0.2, 0.25) is 5.95 Å². The van der Waals surface area contributed by atoms with E-state index in [2.05, 4.69) is 33.3 Å². The molecule has 0 amide bonds. The number of likely N-dealkylation sites (N-methyl/N-ethyl adjacent to an activating group) is 1. The lowest BCUT2D eigenvalue weighted by atomic mass is 10.1. The average molecular weight is 245 g/mol. The number of rotatable bonds is 2. The predicted octanol–water partition coefficient (Wildman–Crippen LogP) is 1.23. The molecule has 3 rings (SSSR count). The van der Waals surface area contributed by atoms with Crippen LogP contribution in [0.5, 0.6) is 0 Å². The number of pyridine rings is 1. The number of piperidine rings is 1. The summed E-state index contributed by atoms with van der Waals surface area (Å²) in [6.07, 6.45) is 4.39. The van der Waals surface area contributed by atoms with Crippen LogP contribution in [0, 0.1) is 6.92 Å². The minimum atomic E-state index is 0.548. The zero-order valence-corrected chi connectivity index (χ0v) is 10.9. The monoisotopic (exact) mass is 245 g/mol. The summed E-state index contributed by atoms with van der Waals surface area (Å²) in [6.45, 7) is 4.11. The van der Waals surface area contributed by atoms with Crippen LogP contribution in [-0.2, 0) is 0 Å². The lowest BCUT2D eigenvalue weighted by Gasteiger charge is -2.31. The summed E-state index contributed by atoms with van der Waals surface area (Å²) in [6, 6.07) is 4.62. The van der Waals surface area contributed by atoms with Crippen LogP contribution in [0.2, 0.25) is 0 Å². The molecule has 0 spiro atoms. The van der Waals surface area contributed by atoms with E-state index in [0.717, 1.165) is 24.7 Å². The average Bonchev–Trinajstić information content (AvgIpc) is 2.84. The fourth-order valence-corrected chi connectivity index (χ4v) is 2.56. The first-order valence-electron chi connectivity index (χ1n) is 6.52. The first-order valence-corrected chi connectivity index (χ1v) is 6.52. The van der Waals surface area contributed by atoms with Crippen molar-refractivity contribution in [2.24, 2.45) is 0 Å². The molecule has 1 unspecified atom stereocenters. The molecule has 0 aliphatic carbocycles. The summed E-state index contributed by atoms with van der Waals surface area (Å²) in [7, 11) is 2.02. The summed E-state index contributed by atoms with van der Waals surface area (Å²) in [4.78, 5) is 6.93. The van der Waals surface area contributed by atoms with Gasteiger partial charge in [-0.05, 0) is 38.4 Å². The maximum atomic E-state index is 4.65. The molecule has 0 saturated carbocycles. The van der Waals surface area contributed by atoms with Gasteiger partial charge in [-0.2, -0.15) is 4.98 Å². The van der Waals surface area contributed by atoms with Crippen molar-refractivity contribution < 1.29 is 0 Å². The highest BCUT2D eigenvalue weighted by Crippen LogP contribution is 2.18. The second kappa shape index (κ2) is 4.57. The smallest absolute Gasteiger partial charge is 0.245 e. The molecule has 1 saturated heterocycles. The number of nitrogens with one attached hydrogen (secondary N) is 1. The minimum Gasteiger partial charge on any atom is -0.338 e. The molecule has 1 fully saturated rings. The number of hydrogen-bond donors (Lipinski definition) is 1. The summed E-state index contributed by atoms with van der Waals surface area (Å²) < 4.78 is 1.87. The van der Waals surface area contributed by atoms with Crippen molar-refractivity contribution in [1.82, 2.24) is 19.9 Å². The minimum absolute atomic E-state index is 0.548. The van der Waals surface area contributed by atoms with Crippen LogP contribution >= 0.6 is 0 Å². The summed E-state index contributed by atoms with van der Waals surface area (Å²) in [5.41, 5.74) is 2.12. The molecule has 2 aromatic heterocycles. The highest BCUT2D eigenvalue weighted by Gasteiger charge is 2.21. The molecule has 1 aliphatic heterocycles. The van der Waals surface area contributed by atoms with E-state index in [9.17, 15) is 0 Å². The molecule has 0 bridgehead atoms. The van der Waals surface area contributed by atoms with Crippen molar-refractivity contribution in [1.29, 1.82) is 0 Å². The maximum absolute atomic E-state index is 4.65. The van der Waals surface area contributed by atoms with Gasteiger partial charge in [-0.15, -0.1) is 5.10 Å². The van der Waals surface area contributed by atoms with E-state index in [0.29, 0.717) is 6.04 Å². The number of hydrogen-bond acceptors (Lipinski definition) is 4. The molecule has 0 radical (unpaired) electrons. The van der Waals surface area contributed by atoms with E-state index in [4.69, 9.17) is 0 Å². The van der Waals surface area contributed by atoms with Gasteiger partial charge in [0.05, 0.1) is 0 Å². The van der Waals surface area contributed by atoms with E-state index >= 15 is 0 Å². The Hall–Kier alpha value is -1.62. The lowest BCUT2D eigenvalue weighted by Crippen LogP contribution is -2.44. The Bertz CT molecular complexity index is 547. The van der Waals surface area contributed by atoms with Gasteiger partial charge in [-0.1, -0.05) is 6.07 Å². The van der Waals surface area contributed by atoms with Gasteiger partial charge in [0.15, 0.2) is 5.65 Å². The molecule has 96 valence electrons. The highest BCUT2D eigenvalue weighted by molar-refractivity contribution is 5.50. The van der Waals surface area contributed by atoms with Gasteiger partial charge >= 0.3 is 0 Å². The van der Waals surface area contributed by atoms with Crippen LogP contribution in [-0.4, -0.2) is 40.8 Å². The number of nitrogens with zero attached hydrogens (tertiary/aromatic N) is 4. The van der Waals surface area contributed by atoms with Crippen LogP contribution in [0.15, 0.2) is 18.3 Å². The van der Waals surface area contributed by atoms with E-state index in [1.165, 1.54) is 18.4 Å². The number of aromatic nitrogens is 3. The molecule has 3 heterocycles. The molecule has 5 nitrogen and oxygen atoms in total. The van der Waals surface area contributed by atoms with Gasteiger partial charge in [0.1, 0.15) is 0 Å². The Morgan fingerprint density at radius 1 is 1.44 bits per heavy atom. The van der Waals surface area contributed by atoms with E-state index in [1.807, 2.05) is 23.8 Å². The molecular formula is C13H19N5. The van der Waals surface area contributed by atoms with Crippen molar-refractivity contribution in [3.05, 3.63) is 23.9 Å². The third-order valence-corrected chi connectivity index (χ3v) is 3.66. The molecular weight excluding hydrogens is 226 g/mol. The van der Waals surface area contributed by atoms with E-state index in [1.54, 1.807) is 0 Å². The Labute approximate surface area is 107 Å². The summed E-state index contributed by atoms with van der Waals surface area (Å²) >= 11 is 0. The SMILES string of the molecule is CNC1CCCN(c2nc3c(C)cccn3n2)C1. The van der Waals surface area contributed by atoms with Crippen molar-refractivity contribution in [3.8, 4) is 0 Å². The number of anilines is 1. The quantitative estimate of drug-likeness (QED) is 0.864. The van der Waals surface area contributed by atoms with Crippen LogP contribution in [0.25, 0.3) is 5.65 Å². The zero-order chi connectivity index (χ0) is 12.5. The van der Waals surface area contributed by atoms with Crippen LogP contribution < -0.4 is 10.2 Å². The first kappa shape index (κ1) is 11.5. The van der Waals surface area contributed by atoms with Gasteiger partial charge in [0.25, 0.3) is 0 Å². The lowest BCUT2D eigenvalue weighted by molar-refractivity contribution is 0.445. The zero-order valence-electron chi connectivity index (χ0n) is 10.9. The van der Waals surface area contributed by atoms with Crippen molar-refractivity contribution in [2.45, 2.75) is 25.8 Å². The molecule has 1 N–H and O–H groups in total. The second-order valence-corrected chi connectivity index (χ2v) is 4.95.